The molecule has 16 heavy (non-hydrogen) atoms. The summed E-state index contributed by atoms with van der Waals surface area (Å²) in [5, 5.41) is 3.00. The van der Waals surface area contributed by atoms with Crippen LogP contribution < -0.4 is 5.32 Å². The minimum atomic E-state index is -0.521. The molecule has 1 aromatic rings. The highest BCUT2D eigenvalue weighted by Crippen LogP contribution is 2.02. The average Bonchev–Trinajstić information content (AvgIpc) is 2.26. The van der Waals surface area contributed by atoms with Gasteiger partial charge in [-0.3, -0.25) is 0 Å². The molecule has 6 heteroatoms. The van der Waals surface area contributed by atoms with Gasteiger partial charge in [-0.1, -0.05) is 6.92 Å². The van der Waals surface area contributed by atoms with Gasteiger partial charge in [-0.2, -0.15) is 9.97 Å². The van der Waals surface area contributed by atoms with Gasteiger partial charge in [0.2, 0.25) is 11.8 Å². The standard InChI is InChI=1S/C10H16N4O2/c1-4-6-11-10-13-7(3)12-8(14-10)9(15)16-5-2/h4-6H2,1-3H3,(H,11,12,13,14). The molecule has 0 amide bonds. The first-order valence-corrected chi connectivity index (χ1v) is 5.31. The molecule has 0 bridgehead atoms. The van der Waals surface area contributed by atoms with E-state index < -0.39 is 5.97 Å². The molecule has 0 unspecified atom stereocenters. The number of esters is 1. The van der Waals surface area contributed by atoms with Crippen LogP contribution in [0.4, 0.5) is 5.95 Å². The lowest BCUT2D eigenvalue weighted by Crippen LogP contribution is -2.14. The van der Waals surface area contributed by atoms with Crippen LogP contribution in [0.3, 0.4) is 0 Å². The molecule has 6 nitrogen and oxygen atoms in total. The van der Waals surface area contributed by atoms with Crippen LogP contribution in [0.1, 0.15) is 36.7 Å². The van der Waals surface area contributed by atoms with E-state index in [2.05, 4.69) is 20.3 Å². The second-order valence-corrected chi connectivity index (χ2v) is 3.18. The zero-order valence-electron chi connectivity index (χ0n) is 9.78. The number of anilines is 1. The predicted molar refractivity (Wildman–Crippen MR) is 59.3 cm³/mol. The molecule has 0 saturated carbocycles. The highest BCUT2D eigenvalue weighted by Gasteiger charge is 2.12. The lowest BCUT2D eigenvalue weighted by Gasteiger charge is -2.05. The Bertz CT molecular complexity index is 368. The van der Waals surface area contributed by atoms with Gasteiger partial charge >= 0.3 is 5.97 Å². The number of hydrogen-bond acceptors (Lipinski definition) is 6. The van der Waals surface area contributed by atoms with Gasteiger partial charge in [-0.25, -0.2) is 9.78 Å². The van der Waals surface area contributed by atoms with E-state index in [9.17, 15) is 4.79 Å². The largest absolute Gasteiger partial charge is 0.460 e. The SMILES string of the molecule is CCCNc1nc(C)nc(C(=O)OCC)n1. The molecule has 1 heterocycles. The Morgan fingerprint density at radius 3 is 2.69 bits per heavy atom. The normalized spacial score (nSPS) is 9.94. The maximum atomic E-state index is 11.4. The molecule has 0 spiro atoms. The average molecular weight is 224 g/mol. The van der Waals surface area contributed by atoms with Crippen molar-refractivity contribution in [1.29, 1.82) is 0 Å². The van der Waals surface area contributed by atoms with Crippen LogP contribution >= 0.6 is 0 Å². The second kappa shape index (κ2) is 5.99. The highest BCUT2D eigenvalue weighted by molar-refractivity contribution is 5.85. The number of hydrogen-bond donors (Lipinski definition) is 1. The van der Waals surface area contributed by atoms with Crippen molar-refractivity contribution >= 4 is 11.9 Å². The smallest absolute Gasteiger partial charge is 0.376 e. The van der Waals surface area contributed by atoms with Crippen molar-refractivity contribution in [3.05, 3.63) is 11.6 Å². The Morgan fingerprint density at radius 2 is 2.06 bits per heavy atom. The van der Waals surface area contributed by atoms with Crippen molar-refractivity contribution in [2.75, 3.05) is 18.5 Å². The van der Waals surface area contributed by atoms with Gasteiger partial charge in [0.15, 0.2) is 0 Å². The fourth-order valence-electron chi connectivity index (χ4n) is 1.08. The summed E-state index contributed by atoms with van der Waals surface area (Å²) in [5.41, 5.74) is 0. The van der Waals surface area contributed by atoms with Gasteiger partial charge in [0.25, 0.3) is 0 Å². The molecule has 0 atom stereocenters. The number of aromatic nitrogens is 3. The van der Waals surface area contributed by atoms with E-state index in [1.165, 1.54) is 0 Å². The zero-order chi connectivity index (χ0) is 12.0. The second-order valence-electron chi connectivity index (χ2n) is 3.18. The molecule has 88 valence electrons. The molecule has 1 aromatic heterocycles. The third-order valence-electron chi connectivity index (χ3n) is 1.74. The molecule has 0 aliphatic rings. The summed E-state index contributed by atoms with van der Waals surface area (Å²) in [6, 6.07) is 0. The molecule has 1 rings (SSSR count). The lowest BCUT2D eigenvalue weighted by molar-refractivity contribution is 0.0511. The first-order valence-electron chi connectivity index (χ1n) is 5.31. The van der Waals surface area contributed by atoms with Crippen molar-refractivity contribution in [1.82, 2.24) is 15.0 Å². The molecule has 1 N–H and O–H groups in total. The zero-order valence-corrected chi connectivity index (χ0v) is 9.78. The van der Waals surface area contributed by atoms with Gasteiger partial charge in [-0.15, -0.1) is 0 Å². The van der Waals surface area contributed by atoms with Crippen molar-refractivity contribution in [3.8, 4) is 0 Å². The molecular formula is C10H16N4O2. The third-order valence-corrected chi connectivity index (χ3v) is 1.74. The Kier molecular flexibility index (Phi) is 4.63. The number of ether oxygens (including phenoxy) is 1. The summed E-state index contributed by atoms with van der Waals surface area (Å²) in [5.74, 6) is 0.439. The lowest BCUT2D eigenvalue weighted by atomic mass is 10.5. The third kappa shape index (κ3) is 3.45. The molecule has 0 aromatic carbocycles. The van der Waals surface area contributed by atoms with Gasteiger partial charge in [0.1, 0.15) is 5.82 Å². The van der Waals surface area contributed by atoms with Crippen LogP contribution in [-0.2, 0) is 4.74 Å². The van der Waals surface area contributed by atoms with E-state index in [-0.39, 0.29) is 5.82 Å². The predicted octanol–water partition coefficient (Wildman–Crippen LogP) is 1.18. The Labute approximate surface area is 94.5 Å². The Balaban J connectivity index is 2.84. The fraction of sp³-hybridized carbons (Fsp3) is 0.600. The van der Waals surface area contributed by atoms with Crippen molar-refractivity contribution in [2.45, 2.75) is 27.2 Å². The highest BCUT2D eigenvalue weighted by atomic mass is 16.5. The number of nitrogens with one attached hydrogen (secondary N) is 1. The first kappa shape index (κ1) is 12.4. The molecule has 0 radical (unpaired) electrons. The van der Waals surface area contributed by atoms with E-state index in [1.807, 2.05) is 6.92 Å². The minimum absolute atomic E-state index is 0.0490. The van der Waals surface area contributed by atoms with Crippen LogP contribution in [0, 0.1) is 6.92 Å². The van der Waals surface area contributed by atoms with Gasteiger partial charge in [0.05, 0.1) is 6.61 Å². The van der Waals surface area contributed by atoms with Gasteiger partial charge in [-0.05, 0) is 20.3 Å². The van der Waals surface area contributed by atoms with Gasteiger partial charge < -0.3 is 10.1 Å². The van der Waals surface area contributed by atoms with Crippen molar-refractivity contribution < 1.29 is 9.53 Å². The van der Waals surface area contributed by atoms with E-state index in [4.69, 9.17) is 4.74 Å². The maximum absolute atomic E-state index is 11.4. The molecule has 0 saturated heterocycles. The first-order chi connectivity index (χ1) is 7.67. The minimum Gasteiger partial charge on any atom is -0.460 e. The van der Waals surface area contributed by atoms with E-state index >= 15 is 0 Å². The molecular weight excluding hydrogens is 208 g/mol. The van der Waals surface area contributed by atoms with Crippen LogP contribution in [-0.4, -0.2) is 34.1 Å². The summed E-state index contributed by atoms with van der Waals surface area (Å²) < 4.78 is 4.82. The molecule has 0 aliphatic heterocycles. The fourth-order valence-corrected chi connectivity index (χ4v) is 1.08. The number of nitrogens with zero attached hydrogens (tertiary/aromatic N) is 3. The molecule has 0 fully saturated rings. The van der Waals surface area contributed by atoms with E-state index in [0.29, 0.717) is 18.4 Å². The summed E-state index contributed by atoms with van der Waals surface area (Å²) >= 11 is 0. The Hall–Kier alpha value is -1.72. The Morgan fingerprint density at radius 1 is 1.31 bits per heavy atom. The van der Waals surface area contributed by atoms with Crippen LogP contribution in [0.15, 0.2) is 0 Å². The van der Waals surface area contributed by atoms with E-state index in [0.717, 1.165) is 13.0 Å². The number of carbonyl (C=O) groups is 1. The summed E-state index contributed by atoms with van der Waals surface area (Å²) in [6.07, 6.45) is 0.958. The number of carbonyl (C=O) groups excluding carboxylic acids is 1. The number of rotatable bonds is 5. The van der Waals surface area contributed by atoms with Crippen LogP contribution in [0.5, 0.6) is 0 Å². The molecule has 0 aliphatic carbocycles. The van der Waals surface area contributed by atoms with E-state index in [1.54, 1.807) is 13.8 Å². The number of aryl methyl sites for hydroxylation is 1. The van der Waals surface area contributed by atoms with Crippen LogP contribution in [0.2, 0.25) is 0 Å². The summed E-state index contributed by atoms with van der Waals surface area (Å²) in [4.78, 5) is 23.4. The van der Waals surface area contributed by atoms with Crippen LogP contribution in [0.25, 0.3) is 0 Å². The quantitative estimate of drug-likeness (QED) is 0.757. The van der Waals surface area contributed by atoms with Crippen molar-refractivity contribution in [3.63, 3.8) is 0 Å². The van der Waals surface area contributed by atoms with Gasteiger partial charge in [0, 0.05) is 6.54 Å². The summed E-state index contributed by atoms with van der Waals surface area (Å²) in [6.45, 7) is 6.55. The topological polar surface area (TPSA) is 77.0 Å². The maximum Gasteiger partial charge on any atom is 0.376 e. The monoisotopic (exact) mass is 224 g/mol. The summed E-state index contributed by atoms with van der Waals surface area (Å²) in [7, 11) is 0. The van der Waals surface area contributed by atoms with Crippen molar-refractivity contribution in [2.24, 2.45) is 0 Å².